The predicted molar refractivity (Wildman–Crippen MR) is 83.9 cm³/mol. The molecule has 1 N–H and O–H groups in total. The third-order valence-electron chi connectivity index (χ3n) is 3.01. The molecular weight excluding hydrogens is 269 g/mol. The Hall–Kier alpha value is -0.970. The molecule has 0 aliphatic carbocycles. The van der Waals surface area contributed by atoms with Gasteiger partial charge in [-0.05, 0) is 24.9 Å². The van der Waals surface area contributed by atoms with Crippen LogP contribution in [0.2, 0.25) is 0 Å². The van der Waals surface area contributed by atoms with E-state index in [-0.39, 0.29) is 11.9 Å². The summed E-state index contributed by atoms with van der Waals surface area (Å²) in [5.74, 6) is 0.294. The maximum atomic E-state index is 13.9. The number of rotatable bonds is 11. The van der Waals surface area contributed by atoms with Crippen molar-refractivity contribution in [3.63, 3.8) is 0 Å². The molecule has 1 rings (SSSR count). The lowest BCUT2D eigenvalue weighted by molar-refractivity contribution is -0.00247. The molecule has 1 aromatic carbocycles. The molecule has 1 unspecified atom stereocenters. The first-order valence-corrected chi connectivity index (χ1v) is 7.79. The van der Waals surface area contributed by atoms with Gasteiger partial charge in [0, 0.05) is 18.7 Å². The molecule has 0 aromatic heterocycles. The lowest BCUT2D eigenvalue weighted by Gasteiger charge is -2.20. The van der Waals surface area contributed by atoms with Crippen molar-refractivity contribution in [3.8, 4) is 0 Å². The Morgan fingerprint density at radius 1 is 1.19 bits per heavy atom. The Morgan fingerprint density at radius 2 is 1.95 bits per heavy atom. The maximum Gasteiger partial charge on any atom is 0.129 e. The fourth-order valence-electron chi connectivity index (χ4n) is 1.97. The van der Waals surface area contributed by atoms with Gasteiger partial charge in [-0.25, -0.2) is 4.39 Å². The summed E-state index contributed by atoms with van der Waals surface area (Å²) in [5.41, 5.74) is 0.602. The fraction of sp³-hybridized carbons (Fsp3) is 0.647. The fourth-order valence-corrected chi connectivity index (χ4v) is 1.97. The van der Waals surface area contributed by atoms with Gasteiger partial charge in [-0.1, -0.05) is 39.0 Å². The van der Waals surface area contributed by atoms with E-state index in [1.54, 1.807) is 12.1 Å². The molecule has 120 valence electrons. The minimum Gasteiger partial charge on any atom is -0.379 e. The van der Waals surface area contributed by atoms with Crippen LogP contribution in [-0.4, -0.2) is 32.9 Å². The molecule has 0 radical (unpaired) electrons. The molecule has 0 fully saturated rings. The van der Waals surface area contributed by atoms with E-state index in [2.05, 4.69) is 26.1 Å². The van der Waals surface area contributed by atoms with Gasteiger partial charge in [0.2, 0.25) is 0 Å². The molecule has 21 heavy (non-hydrogen) atoms. The van der Waals surface area contributed by atoms with Crippen molar-refractivity contribution in [2.45, 2.75) is 33.3 Å². The average molecular weight is 297 g/mol. The van der Waals surface area contributed by atoms with Crippen LogP contribution in [0.3, 0.4) is 0 Å². The zero-order valence-electron chi connectivity index (χ0n) is 13.4. The van der Waals surface area contributed by atoms with Crippen molar-refractivity contribution < 1.29 is 13.9 Å². The van der Waals surface area contributed by atoms with E-state index in [0.717, 1.165) is 19.6 Å². The summed E-state index contributed by atoms with van der Waals surface area (Å²) in [5, 5.41) is 3.29. The van der Waals surface area contributed by atoms with Crippen LogP contribution in [0.25, 0.3) is 0 Å². The highest BCUT2D eigenvalue weighted by Crippen LogP contribution is 2.19. The standard InChI is InChI=1S/C17H28FNO2/c1-4-9-19-12-17(15-7-5-6-8-16(15)18)21-11-10-20-13-14(2)3/h5-8,14,17,19H,4,9-13H2,1-3H3. The second kappa shape index (κ2) is 10.7. The van der Waals surface area contributed by atoms with Crippen molar-refractivity contribution in [2.24, 2.45) is 5.92 Å². The molecule has 0 spiro atoms. The van der Waals surface area contributed by atoms with Crippen LogP contribution in [0.15, 0.2) is 24.3 Å². The van der Waals surface area contributed by atoms with Crippen LogP contribution >= 0.6 is 0 Å². The minimum atomic E-state index is -0.277. The Labute approximate surface area is 127 Å². The molecule has 0 saturated carbocycles. The molecule has 3 nitrogen and oxygen atoms in total. The summed E-state index contributed by atoms with van der Waals surface area (Å²) in [6.45, 7) is 9.57. The highest BCUT2D eigenvalue weighted by molar-refractivity contribution is 5.20. The second-order valence-electron chi connectivity index (χ2n) is 5.55. The first kappa shape index (κ1) is 18.1. The number of halogens is 1. The van der Waals surface area contributed by atoms with E-state index in [9.17, 15) is 4.39 Å². The van der Waals surface area contributed by atoms with Crippen LogP contribution in [0, 0.1) is 11.7 Å². The summed E-state index contributed by atoms with van der Waals surface area (Å²) in [6, 6.07) is 6.79. The van der Waals surface area contributed by atoms with Gasteiger partial charge in [-0.2, -0.15) is 0 Å². The van der Waals surface area contributed by atoms with E-state index in [4.69, 9.17) is 9.47 Å². The predicted octanol–water partition coefficient (Wildman–Crippen LogP) is 3.56. The summed E-state index contributed by atoms with van der Waals surface area (Å²) >= 11 is 0. The lowest BCUT2D eigenvalue weighted by atomic mass is 10.1. The van der Waals surface area contributed by atoms with E-state index in [0.29, 0.717) is 31.2 Å². The van der Waals surface area contributed by atoms with Crippen LogP contribution in [0.1, 0.15) is 38.9 Å². The molecule has 4 heteroatoms. The van der Waals surface area contributed by atoms with Gasteiger partial charge in [0.1, 0.15) is 5.82 Å². The lowest BCUT2D eigenvalue weighted by Crippen LogP contribution is -2.25. The Balaban J connectivity index is 2.47. The molecule has 1 atom stereocenters. The first-order valence-electron chi connectivity index (χ1n) is 7.79. The van der Waals surface area contributed by atoms with Crippen LogP contribution < -0.4 is 5.32 Å². The summed E-state index contributed by atoms with van der Waals surface area (Å²) in [4.78, 5) is 0. The van der Waals surface area contributed by atoms with Gasteiger partial charge in [0.05, 0.1) is 19.3 Å². The minimum absolute atomic E-state index is 0.219. The maximum absolute atomic E-state index is 13.9. The quantitative estimate of drug-likeness (QED) is 0.634. The zero-order valence-corrected chi connectivity index (χ0v) is 13.4. The molecule has 0 saturated heterocycles. The molecule has 0 aliphatic rings. The topological polar surface area (TPSA) is 30.5 Å². The molecular formula is C17H28FNO2. The van der Waals surface area contributed by atoms with Crippen molar-refractivity contribution in [2.75, 3.05) is 32.9 Å². The highest BCUT2D eigenvalue weighted by Gasteiger charge is 2.15. The number of hydrogen-bond acceptors (Lipinski definition) is 3. The Morgan fingerprint density at radius 3 is 2.62 bits per heavy atom. The first-order chi connectivity index (χ1) is 10.1. The van der Waals surface area contributed by atoms with Gasteiger partial charge in [-0.3, -0.25) is 0 Å². The number of ether oxygens (including phenoxy) is 2. The third-order valence-corrected chi connectivity index (χ3v) is 3.01. The van der Waals surface area contributed by atoms with Crippen molar-refractivity contribution in [3.05, 3.63) is 35.6 Å². The molecule has 0 heterocycles. The van der Waals surface area contributed by atoms with Gasteiger partial charge in [0.15, 0.2) is 0 Å². The summed E-state index contributed by atoms with van der Waals surface area (Å²) < 4.78 is 25.2. The van der Waals surface area contributed by atoms with Crippen LogP contribution in [0.4, 0.5) is 4.39 Å². The van der Waals surface area contributed by atoms with Gasteiger partial charge in [-0.15, -0.1) is 0 Å². The summed E-state index contributed by atoms with van der Waals surface area (Å²) in [7, 11) is 0. The van der Waals surface area contributed by atoms with Crippen molar-refractivity contribution in [1.82, 2.24) is 5.32 Å². The van der Waals surface area contributed by atoms with Crippen molar-refractivity contribution in [1.29, 1.82) is 0 Å². The Kier molecular flexibility index (Phi) is 9.22. The average Bonchev–Trinajstić information content (AvgIpc) is 2.46. The SMILES string of the molecule is CCCNCC(OCCOCC(C)C)c1ccccc1F. The Bertz CT molecular complexity index is 385. The molecule has 1 aromatic rings. The number of benzene rings is 1. The third kappa shape index (κ3) is 7.55. The largest absolute Gasteiger partial charge is 0.379 e. The van der Waals surface area contributed by atoms with Crippen molar-refractivity contribution >= 4 is 0 Å². The van der Waals surface area contributed by atoms with E-state index >= 15 is 0 Å². The van der Waals surface area contributed by atoms with Gasteiger partial charge < -0.3 is 14.8 Å². The molecule has 0 aliphatic heterocycles. The van der Waals surface area contributed by atoms with Crippen LogP contribution in [-0.2, 0) is 9.47 Å². The number of hydrogen-bond donors (Lipinski definition) is 1. The smallest absolute Gasteiger partial charge is 0.129 e. The second-order valence-corrected chi connectivity index (χ2v) is 5.55. The monoisotopic (exact) mass is 297 g/mol. The highest BCUT2D eigenvalue weighted by atomic mass is 19.1. The summed E-state index contributed by atoms with van der Waals surface area (Å²) in [6.07, 6.45) is 0.766. The molecule has 0 amide bonds. The normalized spacial score (nSPS) is 12.8. The van der Waals surface area contributed by atoms with Gasteiger partial charge in [0.25, 0.3) is 0 Å². The van der Waals surface area contributed by atoms with E-state index in [1.165, 1.54) is 6.07 Å². The molecule has 0 bridgehead atoms. The van der Waals surface area contributed by atoms with Crippen LogP contribution in [0.5, 0.6) is 0 Å². The zero-order chi connectivity index (χ0) is 15.5. The van der Waals surface area contributed by atoms with Gasteiger partial charge >= 0.3 is 0 Å². The number of nitrogens with one attached hydrogen (secondary N) is 1. The van der Waals surface area contributed by atoms with E-state index in [1.807, 2.05) is 6.07 Å². The van der Waals surface area contributed by atoms with E-state index < -0.39 is 0 Å².